The lowest BCUT2D eigenvalue weighted by molar-refractivity contribution is -0.149. The van der Waals surface area contributed by atoms with Crippen LogP contribution in [-0.2, 0) is 21.1 Å². The summed E-state index contributed by atoms with van der Waals surface area (Å²) in [7, 11) is 0. The SMILES string of the molecule is CC(C)CC(=O)Nc1ccc(C(=O)/N=c2\sccn2COC(=O)[C@@H]2CCCN2)cc1F. The molecule has 2 amide bonds. The lowest BCUT2D eigenvalue weighted by atomic mass is 10.1. The first-order chi connectivity index (χ1) is 14.8. The molecule has 1 aliphatic heterocycles. The van der Waals surface area contributed by atoms with Crippen molar-refractivity contribution in [2.24, 2.45) is 10.9 Å². The van der Waals surface area contributed by atoms with Crippen LogP contribution in [0.5, 0.6) is 0 Å². The van der Waals surface area contributed by atoms with E-state index >= 15 is 0 Å². The highest BCUT2D eigenvalue weighted by molar-refractivity contribution is 7.07. The first kappa shape index (κ1) is 22.8. The molecule has 1 aromatic heterocycles. The van der Waals surface area contributed by atoms with Gasteiger partial charge in [0.15, 0.2) is 11.5 Å². The van der Waals surface area contributed by atoms with Gasteiger partial charge in [-0.15, -0.1) is 11.3 Å². The van der Waals surface area contributed by atoms with E-state index in [1.165, 1.54) is 28.0 Å². The minimum atomic E-state index is -0.713. The quantitative estimate of drug-likeness (QED) is 0.634. The van der Waals surface area contributed by atoms with Crippen molar-refractivity contribution in [2.45, 2.75) is 45.9 Å². The number of halogens is 1. The molecule has 2 aromatic rings. The summed E-state index contributed by atoms with van der Waals surface area (Å²) < 4.78 is 21.2. The van der Waals surface area contributed by atoms with Crippen molar-refractivity contribution in [1.82, 2.24) is 9.88 Å². The van der Waals surface area contributed by atoms with Crippen LogP contribution in [0.2, 0.25) is 0 Å². The standard InChI is InChI=1S/C21H25FN4O4S/c1-13(2)10-18(27)24-16-6-5-14(11-15(16)22)19(28)25-21-26(8-9-31-21)12-30-20(29)17-4-3-7-23-17/h5-6,8-9,11,13,17,23H,3-4,7,10,12H2,1-2H3,(H,24,27)/b25-21-/t17-/m0/s1. The van der Waals surface area contributed by atoms with E-state index in [4.69, 9.17) is 4.74 Å². The molecule has 1 aliphatic rings. The molecular weight excluding hydrogens is 423 g/mol. The number of benzene rings is 1. The Kier molecular flexibility index (Phi) is 7.69. The number of thiazole rings is 1. The fourth-order valence-corrected chi connectivity index (χ4v) is 3.79. The number of rotatable bonds is 7. The van der Waals surface area contributed by atoms with E-state index in [-0.39, 0.29) is 48.2 Å². The van der Waals surface area contributed by atoms with E-state index in [1.54, 1.807) is 11.6 Å². The van der Waals surface area contributed by atoms with Gasteiger partial charge in [-0.2, -0.15) is 4.99 Å². The van der Waals surface area contributed by atoms with Crippen LogP contribution in [0.15, 0.2) is 34.8 Å². The number of nitrogens with one attached hydrogen (secondary N) is 2. The number of amides is 2. The van der Waals surface area contributed by atoms with Crippen molar-refractivity contribution < 1.29 is 23.5 Å². The van der Waals surface area contributed by atoms with Crippen LogP contribution in [0.1, 0.15) is 43.5 Å². The molecule has 1 atom stereocenters. The number of carbonyl (C=O) groups is 3. The van der Waals surface area contributed by atoms with Gasteiger partial charge in [0.2, 0.25) is 5.91 Å². The highest BCUT2D eigenvalue weighted by Crippen LogP contribution is 2.17. The number of ether oxygens (including phenoxy) is 1. The van der Waals surface area contributed by atoms with Crippen molar-refractivity contribution >= 4 is 34.8 Å². The first-order valence-electron chi connectivity index (χ1n) is 10.1. The molecule has 2 heterocycles. The molecule has 1 fully saturated rings. The van der Waals surface area contributed by atoms with Gasteiger partial charge in [0, 0.05) is 23.6 Å². The smallest absolute Gasteiger partial charge is 0.324 e. The van der Waals surface area contributed by atoms with Gasteiger partial charge in [-0.3, -0.25) is 19.0 Å². The zero-order valence-corrected chi connectivity index (χ0v) is 18.2. The number of esters is 1. The second-order valence-electron chi connectivity index (χ2n) is 7.65. The van der Waals surface area contributed by atoms with E-state index in [0.29, 0.717) is 4.80 Å². The van der Waals surface area contributed by atoms with E-state index in [9.17, 15) is 18.8 Å². The zero-order chi connectivity index (χ0) is 22.4. The molecule has 3 rings (SSSR count). The Morgan fingerprint density at radius 3 is 2.87 bits per heavy atom. The van der Waals surface area contributed by atoms with Gasteiger partial charge in [-0.05, 0) is 43.5 Å². The summed E-state index contributed by atoms with van der Waals surface area (Å²) in [6.07, 6.45) is 3.59. The van der Waals surface area contributed by atoms with Crippen molar-refractivity contribution in [3.8, 4) is 0 Å². The van der Waals surface area contributed by atoms with Crippen LogP contribution >= 0.6 is 11.3 Å². The van der Waals surface area contributed by atoms with E-state index in [1.807, 2.05) is 13.8 Å². The lowest BCUT2D eigenvalue weighted by Crippen LogP contribution is -2.33. The van der Waals surface area contributed by atoms with E-state index in [0.717, 1.165) is 25.5 Å². The first-order valence-corrected chi connectivity index (χ1v) is 10.9. The maximum Gasteiger partial charge on any atom is 0.324 e. The highest BCUT2D eigenvalue weighted by Gasteiger charge is 2.23. The molecule has 0 radical (unpaired) electrons. The predicted molar refractivity (Wildman–Crippen MR) is 114 cm³/mol. The number of hydrogen-bond acceptors (Lipinski definition) is 6. The molecule has 31 heavy (non-hydrogen) atoms. The number of nitrogens with zero attached hydrogens (tertiary/aromatic N) is 2. The summed E-state index contributed by atoms with van der Waals surface area (Å²) in [6, 6.07) is 3.49. The highest BCUT2D eigenvalue weighted by atomic mass is 32.1. The molecule has 166 valence electrons. The number of anilines is 1. The Morgan fingerprint density at radius 2 is 2.19 bits per heavy atom. The summed E-state index contributed by atoms with van der Waals surface area (Å²) in [5, 5.41) is 7.28. The molecule has 0 spiro atoms. The molecule has 8 nitrogen and oxygen atoms in total. The molecule has 0 bridgehead atoms. The summed E-state index contributed by atoms with van der Waals surface area (Å²) in [5.74, 6) is -1.84. The van der Waals surface area contributed by atoms with Crippen molar-refractivity contribution in [3.05, 3.63) is 46.0 Å². The fourth-order valence-electron chi connectivity index (χ4n) is 3.08. The minimum absolute atomic E-state index is 0.0147. The Labute approximate surface area is 183 Å². The summed E-state index contributed by atoms with van der Waals surface area (Å²) in [6.45, 7) is 4.50. The monoisotopic (exact) mass is 448 g/mol. The minimum Gasteiger partial charge on any atom is -0.443 e. The summed E-state index contributed by atoms with van der Waals surface area (Å²) in [5.41, 5.74) is 0.0623. The molecule has 0 unspecified atom stereocenters. The van der Waals surface area contributed by atoms with Crippen molar-refractivity contribution in [1.29, 1.82) is 0 Å². The number of aromatic nitrogens is 1. The van der Waals surface area contributed by atoms with Crippen LogP contribution < -0.4 is 15.4 Å². The third-order valence-corrected chi connectivity index (χ3v) is 5.43. The van der Waals surface area contributed by atoms with Gasteiger partial charge in [-0.1, -0.05) is 13.8 Å². The zero-order valence-electron chi connectivity index (χ0n) is 17.4. The van der Waals surface area contributed by atoms with Crippen molar-refractivity contribution in [3.63, 3.8) is 0 Å². The third kappa shape index (κ3) is 6.31. The van der Waals surface area contributed by atoms with Crippen LogP contribution in [-0.4, -0.2) is 34.9 Å². The van der Waals surface area contributed by atoms with Crippen molar-refractivity contribution in [2.75, 3.05) is 11.9 Å². The van der Waals surface area contributed by atoms with Crippen LogP contribution in [0.4, 0.5) is 10.1 Å². The second kappa shape index (κ2) is 10.5. The predicted octanol–water partition coefficient (Wildman–Crippen LogP) is 2.67. The molecule has 0 saturated carbocycles. The van der Waals surface area contributed by atoms with Gasteiger partial charge in [0.05, 0.1) is 5.69 Å². The second-order valence-corrected chi connectivity index (χ2v) is 8.53. The van der Waals surface area contributed by atoms with Gasteiger partial charge in [-0.25, -0.2) is 4.39 Å². The topological polar surface area (TPSA) is 102 Å². The average Bonchev–Trinajstić information content (AvgIpc) is 3.39. The maximum absolute atomic E-state index is 14.3. The fraction of sp³-hybridized carbons (Fsp3) is 0.429. The van der Waals surface area contributed by atoms with Crippen LogP contribution in [0.25, 0.3) is 0 Å². The summed E-state index contributed by atoms with van der Waals surface area (Å²) >= 11 is 1.20. The van der Waals surface area contributed by atoms with Gasteiger partial charge in [0.1, 0.15) is 11.9 Å². The molecule has 2 N–H and O–H groups in total. The Morgan fingerprint density at radius 1 is 1.39 bits per heavy atom. The van der Waals surface area contributed by atoms with Crippen LogP contribution in [0.3, 0.4) is 0 Å². The largest absolute Gasteiger partial charge is 0.443 e. The van der Waals surface area contributed by atoms with Gasteiger partial charge >= 0.3 is 5.97 Å². The normalized spacial score (nSPS) is 16.5. The van der Waals surface area contributed by atoms with Gasteiger partial charge in [0.25, 0.3) is 5.91 Å². The third-order valence-electron chi connectivity index (χ3n) is 4.63. The Bertz CT molecular complexity index is 1020. The molecule has 10 heteroatoms. The molecular formula is C21H25FN4O4S. The van der Waals surface area contributed by atoms with Crippen LogP contribution in [0, 0.1) is 11.7 Å². The van der Waals surface area contributed by atoms with Gasteiger partial charge < -0.3 is 15.4 Å². The summed E-state index contributed by atoms with van der Waals surface area (Å²) in [4.78, 5) is 40.7. The molecule has 0 aliphatic carbocycles. The van der Waals surface area contributed by atoms with E-state index < -0.39 is 11.7 Å². The Balaban J connectivity index is 1.67. The molecule has 1 saturated heterocycles. The molecule has 1 aromatic carbocycles. The Hall–Kier alpha value is -2.85. The maximum atomic E-state index is 14.3. The van der Waals surface area contributed by atoms with E-state index in [2.05, 4.69) is 15.6 Å². The lowest BCUT2D eigenvalue weighted by Gasteiger charge is -2.10. The number of hydrogen-bond donors (Lipinski definition) is 2. The average molecular weight is 449 g/mol. The number of carbonyl (C=O) groups excluding carboxylic acids is 3.